The molecule has 0 radical (unpaired) electrons. The molecule has 3 amide bonds. The molecule has 0 aliphatic carbocycles. The van der Waals surface area contributed by atoms with E-state index in [1.807, 2.05) is 23.1 Å². The van der Waals surface area contributed by atoms with Gasteiger partial charge in [-0.3, -0.25) is 19.2 Å². The summed E-state index contributed by atoms with van der Waals surface area (Å²) in [6.07, 6.45) is 4.43. The number of hydrogen-bond acceptors (Lipinski definition) is 4. The van der Waals surface area contributed by atoms with Crippen LogP contribution >= 0.6 is 0 Å². The molecule has 0 saturated carbocycles. The lowest BCUT2D eigenvalue weighted by atomic mass is 10.1. The van der Waals surface area contributed by atoms with E-state index in [1.165, 1.54) is 4.90 Å². The Balaban J connectivity index is 1.57. The van der Waals surface area contributed by atoms with E-state index in [-0.39, 0.29) is 12.5 Å². The van der Waals surface area contributed by atoms with Crippen LogP contribution in [0.4, 0.5) is 0 Å². The maximum absolute atomic E-state index is 13.0. The third-order valence-corrected chi connectivity index (χ3v) is 5.74. The van der Waals surface area contributed by atoms with Crippen LogP contribution in [0.5, 0.6) is 0 Å². The Morgan fingerprint density at radius 2 is 1.59 bits per heavy atom. The molecule has 8 heteroatoms. The fraction of sp³-hybridized carbons (Fsp3) is 0.429. The minimum atomic E-state index is -0.576. The number of rotatable bonds is 5. The van der Waals surface area contributed by atoms with Crippen molar-refractivity contribution in [1.29, 1.82) is 0 Å². The summed E-state index contributed by atoms with van der Waals surface area (Å²) in [7, 11) is 0. The van der Waals surface area contributed by atoms with Gasteiger partial charge >= 0.3 is 0 Å². The molecule has 2 aromatic rings. The number of Topliss-reactive ketones (excluding diaryl/α,β-unsaturated/α-hetero) is 1. The quantitative estimate of drug-likeness (QED) is 0.424. The number of carbonyl (C=O) groups excluding carboxylic acids is 4. The second-order valence-corrected chi connectivity index (χ2v) is 7.54. The number of benzene rings is 1. The van der Waals surface area contributed by atoms with E-state index in [2.05, 4.69) is 0 Å². The number of para-hydroxylation sites is 1. The number of ketones is 1. The first-order valence-electron chi connectivity index (χ1n) is 9.97. The third-order valence-electron chi connectivity index (χ3n) is 5.74. The largest absolute Gasteiger partial charge is 0.342 e. The van der Waals surface area contributed by atoms with Gasteiger partial charge in [0.15, 0.2) is 0 Å². The van der Waals surface area contributed by atoms with Gasteiger partial charge in [-0.15, -0.1) is 0 Å². The molecular formula is C21H24N4O4. The maximum atomic E-state index is 13.0. The predicted octanol–water partition coefficient (Wildman–Crippen LogP) is 0.747. The van der Waals surface area contributed by atoms with E-state index in [4.69, 9.17) is 0 Å². The molecule has 0 atom stereocenters. The van der Waals surface area contributed by atoms with Crippen LogP contribution in [0.1, 0.15) is 23.2 Å². The SMILES string of the molecule is O=CN1CCN(C(=O)C(=O)c2cn(CC(=O)N3CCCC3)c3ccccc23)CC1. The van der Waals surface area contributed by atoms with Crippen molar-refractivity contribution in [3.63, 3.8) is 0 Å². The Hall–Kier alpha value is -3.16. The summed E-state index contributed by atoms with van der Waals surface area (Å²) in [5.74, 6) is -1.11. The second kappa shape index (κ2) is 8.06. The molecule has 2 aliphatic rings. The molecule has 3 heterocycles. The van der Waals surface area contributed by atoms with Gasteiger partial charge in [0, 0.05) is 56.4 Å². The van der Waals surface area contributed by atoms with Crippen LogP contribution in [0.15, 0.2) is 30.5 Å². The molecule has 0 spiro atoms. The molecule has 4 rings (SSSR count). The fourth-order valence-electron chi connectivity index (χ4n) is 4.06. The number of piperazine rings is 1. The first-order chi connectivity index (χ1) is 14.1. The summed E-state index contributed by atoms with van der Waals surface area (Å²) < 4.78 is 1.76. The summed E-state index contributed by atoms with van der Waals surface area (Å²) >= 11 is 0. The second-order valence-electron chi connectivity index (χ2n) is 7.54. The van der Waals surface area contributed by atoms with Gasteiger partial charge in [-0.1, -0.05) is 18.2 Å². The highest BCUT2D eigenvalue weighted by atomic mass is 16.2. The average molecular weight is 396 g/mol. The molecule has 152 valence electrons. The highest BCUT2D eigenvalue weighted by Gasteiger charge is 2.29. The average Bonchev–Trinajstić information content (AvgIpc) is 3.42. The minimum absolute atomic E-state index is 0.0264. The van der Waals surface area contributed by atoms with Crippen LogP contribution in [0.25, 0.3) is 10.9 Å². The van der Waals surface area contributed by atoms with Crippen molar-refractivity contribution in [3.05, 3.63) is 36.0 Å². The van der Waals surface area contributed by atoms with Crippen molar-refractivity contribution in [2.45, 2.75) is 19.4 Å². The Morgan fingerprint density at radius 3 is 2.28 bits per heavy atom. The minimum Gasteiger partial charge on any atom is -0.342 e. The van der Waals surface area contributed by atoms with Gasteiger partial charge < -0.3 is 19.3 Å². The summed E-state index contributed by atoms with van der Waals surface area (Å²) in [6.45, 7) is 3.23. The fourth-order valence-corrected chi connectivity index (χ4v) is 4.06. The highest BCUT2D eigenvalue weighted by Crippen LogP contribution is 2.23. The van der Waals surface area contributed by atoms with Gasteiger partial charge in [0.2, 0.25) is 12.3 Å². The Kier molecular flexibility index (Phi) is 5.33. The van der Waals surface area contributed by atoms with Gasteiger partial charge in [0.1, 0.15) is 6.54 Å². The summed E-state index contributed by atoms with van der Waals surface area (Å²) in [6, 6.07) is 7.33. The molecule has 2 fully saturated rings. The lowest BCUT2D eigenvalue weighted by Gasteiger charge is -2.32. The van der Waals surface area contributed by atoms with E-state index < -0.39 is 11.7 Å². The monoisotopic (exact) mass is 396 g/mol. The van der Waals surface area contributed by atoms with E-state index in [1.54, 1.807) is 21.7 Å². The molecular weight excluding hydrogens is 372 g/mol. The Morgan fingerprint density at radius 1 is 0.897 bits per heavy atom. The van der Waals surface area contributed by atoms with Crippen molar-refractivity contribution in [3.8, 4) is 0 Å². The zero-order valence-electron chi connectivity index (χ0n) is 16.2. The van der Waals surface area contributed by atoms with Crippen LogP contribution in [0.3, 0.4) is 0 Å². The number of nitrogens with zero attached hydrogens (tertiary/aromatic N) is 4. The van der Waals surface area contributed by atoms with Crippen LogP contribution < -0.4 is 0 Å². The van der Waals surface area contributed by atoms with Crippen LogP contribution in [-0.4, -0.2) is 82.5 Å². The Bertz CT molecular complexity index is 953. The first kappa shape index (κ1) is 19.2. The summed E-state index contributed by atoms with van der Waals surface area (Å²) in [5, 5.41) is 0.673. The van der Waals surface area contributed by atoms with Crippen molar-refractivity contribution in [2.75, 3.05) is 39.3 Å². The third kappa shape index (κ3) is 3.74. The van der Waals surface area contributed by atoms with Gasteiger partial charge in [-0.05, 0) is 18.9 Å². The summed E-state index contributed by atoms with van der Waals surface area (Å²) in [5.41, 5.74) is 1.08. The van der Waals surface area contributed by atoms with Gasteiger partial charge in [0.05, 0.1) is 5.56 Å². The predicted molar refractivity (Wildman–Crippen MR) is 106 cm³/mol. The van der Waals surface area contributed by atoms with Crippen molar-refractivity contribution >= 4 is 34.9 Å². The zero-order chi connectivity index (χ0) is 20.4. The molecule has 2 saturated heterocycles. The van der Waals surface area contributed by atoms with Gasteiger partial charge in [-0.2, -0.15) is 0 Å². The zero-order valence-corrected chi connectivity index (χ0v) is 16.2. The van der Waals surface area contributed by atoms with E-state index >= 15 is 0 Å². The lowest BCUT2D eigenvalue weighted by molar-refractivity contribution is -0.131. The number of fused-ring (bicyclic) bond motifs is 1. The topological polar surface area (TPSA) is 82.9 Å². The molecule has 0 bridgehead atoms. The standard InChI is InChI=1S/C21H24N4O4/c26-15-22-9-11-24(12-10-22)21(29)20(28)17-13-25(18-6-2-1-5-16(17)18)14-19(27)23-7-3-4-8-23/h1-2,5-6,13,15H,3-4,7-12,14H2. The molecule has 1 aromatic heterocycles. The Labute approximate surface area is 168 Å². The maximum Gasteiger partial charge on any atom is 0.295 e. The smallest absolute Gasteiger partial charge is 0.295 e. The van der Waals surface area contributed by atoms with Crippen LogP contribution in [0.2, 0.25) is 0 Å². The van der Waals surface area contributed by atoms with Crippen molar-refractivity contribution in [1.82, 2.24) is 19.3 Å². The van der Waals surface area contributed by atoms with E-state index in [9.17, 15) is 19.2 Å². The molecule has 2 aliphatic heterocycles. The van der Waals surface area contributed by atoms with Crippen LogP contribution in [0, 0.1) is 0 Å². The first-order valence-corrected chi connectivity index (χ1v) is 9.97. The van der Waals surface area contributed by atoms with Crippen LogP contribution in [-0.2, 0) is 20.9 Å². The molecule has 0 N–H and O–H groups in total. The molecule has 0 unspecified atom stereocenters. The number of amides is 3. The number of likely N-dealkylation sites (tertiary alicyclic amines) is 1. The normalized spacial score (nSPS) is 17.0. The van der Waals surface area contributed by atoms with E-state index in [0.29, 0.717) is 37.1 Å². The lowest BCUT2D eigenvalue weighted by Crippen LogP contribution is -2.50. The number of hydrogen-bond donors (Lipinski definition) is 0. The van der Waals surface area contributed by atoms with Gasteiger partial charge in [-0.25, -0.2) is 0 Å². The summed E-state index contributed by atoms with van der Waals surface area (Å²) in [4.78, 5) is 54.1. The number of aromatic nitrogens is 1. The number of carbonyl (C=O) groups is 4. The van der Waals surface area contributed by atoms with Crippen molar-refractivity contribution in [2.24, 2.45) is 0 Å². The highest BCUT2D eigenvalue weighted by molar-refractivity contribution is 6.44. The van der Waals surface area contributed by atoms with Gasteiger partial charge in [0.25, 0.3) is 11.7 Å². The molecule has 8 nitrogen and oxygen atoms in total. The molecule has 29 heavy (non-hydrogen) atoms. The van der Waals surface area contributed by atoms with E-state index in [0.717, 1.165) is 37.9 Å². The molecule has 1 aromatic carbocycles. The van der Waals surface area contributed by atoms with Crippen molar-refractivity contribution < 1.29 is 19.2 Å².